The van der Waals surface area contributed by atoms with E-state index in [9.17, 15) is 4.79 Å². The topological polar surface area (TPSA) is 62.1 Å². The van der Waals surface area contributed by atoms with E-state index in [0.29, 0.717) is 18.7 Å². The van der Waals surface area contributed by atoms with Gasteiger partial charge in [0.05, 0.1) is 24.3 Å². The molecule has 2 aromatic heterocycles. The predicted molar refractivity (Wildman–Crippen MR) is 85.9 cm³/mol. The van der Waals surface area contributed by atoms with Crippen molar-refractivity contribution in [1.82, 2.24) is 14.9 Å². The Labute approximate surface area is 134 Å². The highest BCUT2D eigenvalue weighted by atomic mass is 16.3. The van der Waals surface area contributed by atoms with Gasteiger partial charge in [0.1, 0.15) is 11.5 Å². The second-order valence-electron chi connectivity index (χ2n) is 5.80. The van der Waals surface area contributed by atoms with E-state index in [4.69, 9.17) is 4.42 Å². The lowest BCUT2D eigenvalue weighted by Crippen LogP contribution is -2.36. The molecule has 5 nitrogen and oxygen atoms in total. The number of aromatic nitrogens is 2. The number of carbonyl (C=O) groups excluding carboxylic acids is 1. The molecule has 0 saturated heterocycles. The normalized spacial score (nSPS) is 13.9. The van der Waals surface area contributed by atoms with Crippen molar-refractivity contribution in [1.29, 1.82) is 0 Å². The summed E-state index contributed by atoms with van der Waals surface area (Å²) in [6, 6.07) is 11.4. The van der Waals surface area contributed by atoms with E-state index in [2.05, 4.69) is 9.97 Å². The zero-order valence-corrected chi connectivity index (χ0v) is 12.9. The highest BCUT2D eigenvalue weighted by Gasteiger charge is 2.23. The highest BCUT2D eigenvalue weighted by molar-refractivity contribution is 5.95. The Morgan fingerprint density at radius 3 is 3.04 bits per heavy atom. The van der Waals surface area contributed by atoms with Crippen molar-refractivity contribution in [2.45, 2.75) is 19.9 Å². The molecule has 1 aromatic carbocycles. The second kappa shape index (κ2) is 5.43. The quantitative estimate of drug-likeness (QED) is 0.791. The molecule has 1 aliphatic rings. The first kappa shape index (κ1) is 13.8. The number of furan rings is 1. The summed E-state index contributed by atoms with van der Waals surface area (Å²) in [5, 5.41) is 0. The summed E-state index contributed by atoms with van der Waals surface area (Å²) < 4.78 is 5.65. The SMILES string of the molecule is Cc1ccc(-c2cccc(C(=O)N3CCc4nc[nH]c4C3)c2)o1. The van der Waals surface area contributed by atoms with Crippen LogP contribution in [0.5, 0.6) is 0 Å². The maximum Gasteiger partial charge on any atom is 0.254 e. The Morgan fingerprint density at radius 2 is 2.22 bits per heavy atom. The smallest absolute Gasteiger partial charge is 0.254 e. The van der Waals surface area contributed by atoms with E-state index >= 15 is 0 Å². The molecule has 0 radical (unpaired) electrons. The van der Waals surface area contributed by atoms with Crippen LogP contribution in [0, 0.1) is 6.92 Å². The van der Waals surface area contributed by atoms with Crippen LogP contribution in [0.4, 0.5) is 0 Å². The molecule has 0 aliphatic carbocycles. The molecule has 0 fully saturated rings. The zero-order chi connectivity index (χ0) is 15.8. The van der Waals surface area contributed by atoms with Crippen molar-refractivity contribution >= 4 is 5.91 Å². The number of hydrogen-bond acceptors (Lipinski definition) is 3. The first-order valence-electron chi connectivity index (χ1n) is 7.68. The molecule has 0 spiro atoms. The van der Waals surface area contributed by atoms with Gasteiger partial charge in [0.15, 0.2) is 0 Å². The van der Waals surface area contributed by atoms with Crippen molar-refractivity contribution in [3.05, 3.63) is 65.4 Å². The molecule has 1 amide bonds. The van der Waals surface area contributed by atoms with Gasteiger partial charge in [0.2, 0.25) is 0 Å². The molecule has 0 unspecified atom stereocenters. The van der Waals surface area contributed by atoms with Crippen LogP contribution in [0.25, 0.3) is 11.3 Å². The molecular formula is C18H17N3O2. The molecule has 0 atom stereocenters. The molecule has 3 heterocycles. The average molecular weight is 307 g/mol. The third kappa shape index (κ3) is 2.54. The molecule has 0 saturated carbocycles. The lowest BCUT2D eigenvalue weighted by Gasteiger charge is -2.26. The van der Waals surface area contributed by atoms with Crippen molar-refractivity contribution in [3.8, 4) is 11.3 Å². The second-order valence-corrected chi connectivity index (χ2v) is 5.80. The number of imidazole rings is 1. The summed E-state index contributed by atoms with van der Waals surface area (Å²) in [4.78, 5) is 22.0. The minimum atomic E-state index is 0.0374. The van der Waals surface area contributed by atoms with E-state index in [1.54, 1.807) is 6.33 Å². The Bertz CT molecular complexity index is 863. The van der Waals surface area contributed by atoms with E-state index in [1.165, 1.54) is 0 Å². The fourth-order valence-corrected chi connectivity index (χ4v) is 2.96. The Kier molecular flexibility index (Phi) is 3.26. The molecule has 4 rings (SSSR count). The van der Waals surface area contributed by atoms with Crippen molar-refractivity contribution in [3.63, 3.8) is 0 Å². The summed E-state index contributed by atoms with van der Waals surface area (Å²) in [5.41, 5.74) is 3.69. The highest BCUT2D eigenvalue weighted by Crippen LogP contribution is 2.24. The van der Waals surface area contributed by atoms with Crippen LogP contribution in [0.15, 0.2) is 47.1 Å². The van der Waals surface area contributed by atoms with Crippen LogP contribution in [0.2, 0.25) is 0 Å². The molecule has 1 aliphatic heterocycles. The number of fused-ring (bicyclic) bond motifs is 1. The summed E-state index contributed by atoms with van der Waals surface area (Å²) in [5.74, 6) is 1.68. The van der Waals surface area contributed by atoms with Gasteiger partial charge in [-0.05, 0) is 31.2 Å². The maximum absolute atomic E-state index is 12.8. The van der Waals surface area contributed by atoms with Crippen LogP contribution in [0.1, 0.15) is 27.5 Å². The van der Waals surface area contributed by atoms with Crippen LogP contribution < -0.4 is 0 Å². The first-order chi connectivity index (χ1) is 11.2. The third-order valence-electron chi connectivity index (χ3n) is 4.20. The number of carbonyl (C=O) groups is 1. The van der Waals surface area contributed by atoms with Crippen LogP contribution in [-0.2, 0) is 13.0 Å². The van der Waals surface area contributed by atoms with Crippen molar-refractivity contribution < 1.29 is 9.21 Å². The number of nitrogens with one attached hydrogen (secondary N) is 1. The van der Waals surface area contributed by atoms with Gasteiger partial charge in [-0.2, -0.15) is 0 Å². The Morgan fingerprint density at radius 1 is 1.30 bits per heavy atom. The Hall–Kier alpha value is -2.82. The molecule has 5 heteroatoms. The third-order valence-corrected chi connectivity index (χ3v) is 4.20. The number of benzene rings is 1. The van der Waals surface area contributed by atoms with Crippen LogP contribution in [0.3, 0.4) is 0 Å². The van der Waals surface area contributed by atoms with Gasteiger partial charge in [-0.1, -0.05) is 12.1 Å². The monoisotopic (exact) mass is 307 g/mol. The van der Waals surface area contributed by atoms with Crippen LogP contribution in [-0.4, -0.2) is 27.3 Å². The summed E-state index contributed by atoms with van der Waals surface area (Å²) in [6.07, 6.45) is 2.49. The average Bonchev–Trinajstić information content (AvgIpc) is 3.22. The molecule has 116 valence electrons. The maximum atomic E-state index is 12.8. The number of hydrogen-bond donors (Lipinski definition) is 1. The van der Waals surface area contributed by atoms with Gasteiger partial charge in [-0.15, -0.1) is 0 Å². The summed E-state index contributed by atoms with van der Waals surface area (Å²) >= 11 is 0. The fourth-order valence-electron chi connectivity index (χ4n) is 2.96. The summed E-state index contributed by atoms with van der Waals surface area (Å²) in [7, 11) is 0. The molecule has 1 N–H and O–H groups in total. The number of rotatable bonds is 2. The minimum Gasteiger partial charge on any atom is -0.461 e. The molecule has 23 heavy (non-hydrogen) atoms. The van der Waals surface area contributed by atoms with Crippen LogP contribution >= 0.6 is 0 Å². The molecular weight excluding hydrogens is 290 g/mol. The molecule has 0 bridgehead atoms. The van der Waals surface area contributed by atoms with Gasteiger partial charge < -0.3 is 14.3 Å². The van der Waals surface area contributed by atoms with E-state index in [0.717, 1.165) is 34.9 Å². The standard InChI is InChI=1S/C18H17N3O2/c1-12-5-6-17(23-12)13-3-2-4-14(9-13)18(22)21-8-7-15-16(10-21)20-11-19-15/h2-6,9,11H,7-8,10H2,1H3,(H,19,20). The van der Waals surface area contributed by atoms with Gasteiger partial charge in [-0.3, -0.25) is 4.79 Å². The largest absolute Gasteiger partial charge is 0.461 e. The number of aromatic amines is 1. The van der Waals surface area contributed by atoms with E-state index in [1.807, 2.05) is 48.2 Å². The zero-order valence-electron chi connectivity index (χ0n) is 12.9. The lowest BCUT2D eigenvalue weighted by atomic mass is 10.1. The Balaban J connectivity index is 1.60. The van der Waals surface area contributed by atoms with Gasteiger partial charge in [0, 0.05) is 24.1 Å². The fraction of sp³-hybridized carbons (Fsp3) is 0.222. The van der Waals surface area contributed by atoms with Gasteiger partial charge in [-0.25, -0.2) is 4.98 Å². The summed E-state index contributed by atoms with van der Waals surface area (Å²) in [6.45, 7) is 3.19. The van der Waals surface area contributed by atoms with Crippen molar-refractivity contribution in [2.24, 2.45) is 0 Å². The number of aryl methyl sites for hydroxylation is 1. The number of amides is 1. The van der Waals surface area contributed by atoms with Gasteiger partial charge in [0.25, 0.3) is 5.91 Å². The van der Waals surface area contributed by atoms with Crippen molar-refractivity contribution in [2.75, 3.05) is 6.54 Å². The minimum absolute atomic E-state index is 0.0374. The van der Waals surface area contributed by atoms with E-state index < -0.39 is 0 Å². The predicted octanol–water partition coefficient (Wildman–Crippen LogP) is 3.18. The molecule has 3 aromatic rings. The van der Waals surface area contributed by atoms with E-state index in [-0.39, 0.29) is 5.91 Å². The number of nitrogens with zero attached hydrogens (tertiary/aromatic N) is 2. The lowest BCUT2D eigenvalue weighted by molar-refractivity contribution is 0.0732. The first-order valence-corrected chi connectivity index (χ1v) is 7.68. The van der Waals surface area contributed by atoms with Gasteiger partial charge >= 0.3 is 0 Å². The number of H-pyrrole nitrogens is 1.